The van der Waals surface area contributed by atoms with Gasteiger partial charge in [0.2, 0.25) is 0 Å². The van der Waals surface area contributed by atoms with Gasteiger partial charge in [0.15, 0.2) is 0 Å². The normalized spacial score (nSPS) is 11.1. The van der Waals surface area contributed by atoms with Crippen molar-refractivity contribution in [2.24, 2.45) is 0 Å². The van der Waals surface area contributed by atoms with Crippen molar-refractivity contribution in [3.63, 3.8) is 0 Å². The van der Waals surface area contributed by atoms with Gasteiger partial charge in [0.05, 0.1) is 0 Å². The third-order valence-corrected chi connectivity index (χ3v) is 4.44. The standard InChI is InChI=1S/C14H26S2/c1-6-7-8-9-10-13(2)15-11-12-16-14(3,4)5/h9H,6-8,11-12H2,1-5H3. The highest BCUT2D eigenvalue weighted by Gasteiger charge is 2.09. The quantitative estimate of drug-likeness (QED) is 0.437. The van der Waals surface area contributed by atoms with E-state index in [-0.39, 0.29) is 0 Å². The highest BCUT2D eigenvalue weighted by Crippen LogP contribution is 2.25. The molecule has 0 aromatic rings. The van der Waals surface area contributed by atoms with Crippen LogP contribution in [0.4, 0.5) is 0 Å². The molecule has 0 atom stereocenters. The van der Waals surface area contributed by atoms with Crippen LogP contribution in [-0.2, 0) is 0 Å². The van der Waals surface area contributed by atoms with Crippen LogP contribution in [0.5, 0.6) is 0 Å². The van der Waals surface area contributed by atoms with Gasteiger partial charge < -0.3 is 0 Å². The lowest BCUT2D eigenvalue weighted by Crippen LogP contribution is -2.08. The van der Waals surface area contributed by atoms with Crippen LogP contribution in [0.15, 0.2) is 16.7 Å². The van der Waals surface area contributed by atoms with Gasteiger partial charge in [0.25, 0.3) is 0 Å². The van der Waals surface area contributed by atoms with E-state index in [2.05, 4.69) is 46.4 Å². The van der Waals surface area contributed by atoms with Crippen LogP contribution in [0, 0.1) is 0 Å². The summed E-state index contributed by atoms with van der Waals surface area (Å²) in [6, 6.07) is 0. The topological polar surface area (TPSA) is 0 Å². The van der Waals surface area contributed by atoms with Crippen molar-refractivity contribution < 1.29 is 0 Å². The molecule has 0 aliphatic heterocycles. The van der Waals surface area contributed by atoms with Gasteiger partial charge in [-0.15, -0.1) is 17.5 Å². The zero-order valence-corrected chi connectivity index (χ0v) is 13.1. The van der Waals surface area contributed by atoms with E-state index in [1.165, 1.54) is 35.7 Å². The molecule has 0 bridgehead atoms. The summed E-state index contributed by atoms with van der Waals surface area (Å²) in [6.07, 6.45) is 5.91. The van der Waals surface area contributed by atoms with E-state index in [4.69, 9.17) is 0 Å². The van der Waals surface area contributed by atoms with Crippen molar-refractivity contribution in [3.8, 4) is 0 Å². The lowest BCUT2D eigenvalue weighted by atomic mass is 10.2. The van der Waals surface area contributed by atoms with Gasteiger partial charge in [-0.2, -0.15) is 11.8 Å². The SMILES string of the molecule is CCCCC=C=C(C)SCCSC(C)(C)C. The van der Waals surface area contributed by atoms with Crippen molar-refractivity contribution in [1.29, 1.82) is 0 Å². The van der Waals surface area contributed by atoms with Gasteiger partial charge in [-0.3, -0.25) is 0 Å². The maximum Gasteiger partial charge on any atom is 0.0231 e. The van der Waals surface area contributed by atoms with E-state index in [1.807, 2.05) is 23.5 Å². The van der Waals surface area contributed by atoms with Crippen LogP contribution >= 0.6 is 23.5 Å². The molecule has 0 unspecified atom stereocenters. The third-order valence-electron chi connectivity index (χ3n) is 1.94. The van der Waals surface area contributed by atoms with Crippen LogP contribution in [0.2, 0.25) is 0 Å². The third kappa shape index (κ3) is 12.3. The molecule has 0 heterocycles. The molecule has 94 valence electrons. The zero-order chi connectivity index (χ0) is 12.4. The first-order chi connectivity index (χ1) is 7.45. The number of thioether (sulfide) groups is 2. The fraction of sp³-hybridized carbons (Fsp3) is 0.786. The monoisotopic (exact) mass is 258 g/mol. The Morgan fingerprint density at radius 1 is 1.25 bits per heavy atom. The average Bonchev–Trinajstić information content (AvgIpc) is 2.18. The molecule has 0 fully saturated rings. The molecule has 0 N–H and O–H groups in total. The van der Waals surface area contributed by atoms with E-state index < -0.39 is 0 Å². The van der Waals surface area contributed by atoms with Gasteiger partial charge in [-0.25, -0.2) is 0 Å². The second-order valence-corrected chi connectivity index (χ2v) is 8.09. The summed E-state index contributed by atoms with van der Waals surface area (Å²) in [4.78, 5) is 1.32. The molecule has 0 radical (unpaired) electrons. The Kier molecular flexibility index (Phi) is 9.40. The summed E-state index contributed by atoms with van der Waals surface area (Å²) in [5.74, 6) is 2.42. The molecule has 0 saturated heterocycles. The Morgan fingerprint density at radius 2 is 1.94 bits per heavy atom. The minimum absolute atomic E-state index is 0.398. The van der Waals surface area contributed by atoms with Crippen molar-refractivity contribution in [1.82, 2.24) is 0 Å². The van der Waals surface area contributed by atoms with E-state index in [0.29, 0.717) is 4.75 Å². The van der Waals surface area contributed by atoms with E-state index >= 15 is 0 Å². The Morgan fingerprint density at radius 3 is 2.50 bits per heavy atom. The molecular formula is C14H26S2. The second-order valence-electron chi connectivity index (χ2n) is 4.86. The van der Waals surface area contributed by atoms with Crippen LogP contribution < -0.4 is 0 Å². The van der Waals surface area contributed by atoms with Crippen LogP contribution in [-0.4, -0.2) is 16.3 Å². The van der Waals surface area contributed by atoms with Crippen LogP contribution in [0.1, 0.15) is 53.9 Å². The molecule has 0 amide bonds. The van der Waals surface area contributed by atoms with E-state index in [0.717, 1.165) is 0 Å². The highest BCUT2D eigenvalue weighted by molar-refractivity contribution is 8.05. The Bertz CT molecular complexity index is 230. The summed E-state index contributed by atoms with van der Waals surface area (Å²) >= 11 is 3.96. The molecule has 0 nitrogen and oxygen atoms in total. The first kappa shape index (κ1) is 16.2. The predicted octanol–water partition coefficient (Wildman–Crippen LogP) is 5.50. The van der Waals surface area contributed by atoms with Gasteiger partial charge in [0.1, 0.15) is 0 Å². The smallest absolute Gasteiger partial charge is 0.0231 e. The minimum Gasteiger partial charge on any atom is -0.155 e. The van der Waals surface area contributed by atoms with Crippen molar-refractivity contribution in [2.75, 3.05) is 11.5 Å². The molecule has 2 heteroatoms. The summed E-state index contributed by atoms with van der Waals surface area (Å²) < 4.78 is 0.398. The maximum atomic E-state index is 3.36. The lowest BCUT2D eigenvalue weighted by Gasteiger charge is -2.16. The number of allylic oxidation sites excluding steroid dienone is 1. The van der Waals surface area contributed by atoms with Crippen molar-refractivity contribution >= 4 is 23.5 Å². The molecule has 0 aliphatic carbocycles. The fourth-order valence-corrected chi connectivity index (χ4v) is 2.86. The molecule has 0 aromatic heterocycles. The molecule has 0 aromatic carbocycles. The molecule has 16 heavy (non-hydrogen) atoms. The predicted molar refractivity (Wildman–Crippen MR) is 81.5 cm³/mol. The average molecular weight is 258 g/mol. The molecule has 0 rings (SSSR count). The molecule has 0 spiro atoms. The Balaban J connectivity index is 3.64. The summed E-state index contributed by atoms with van der Waals surface area (Å²) in [5.41, 5.74) is 3.36. The zero-order valence-electron chi connectivity index (χ0n) is 11.4. The first-order valence-electron chi connectivity index (χ1n) is 6.14. The summed E-state index contributed by atoms with van der Waals surface area (Å²) in [7, 11) is 0. The number of unbranched alkanes of at least 4 members (excludes halogenated alkanes) is 2. The molecule has 0 saturated carbocycles. The van der Waals surface area contributed by atoms with Crippen molar-refractivity contribution in [3.05, 3.63) is 16.7 Å². The highest BCUT2D eigenvalue weighted by atomic mass is 32.2. The Hall–Kier alpha value is 0.220. The first-order valence-corrected chi connectivity index (χ1v) is 8.11. The summed E-state index contributed by atoms with van der Waals surface area (Å²) in [5, 5.41) is 0. The number of hydrogen-bond acceptors (Lipinski definition) is 2. The fourth-order valence-electron chi connectivity index (χ4n) is 1.11. The lowest BCUT2D eigenvalue weighted by molar-refractivity contribution is 0.804. The number of rotatable bonds is 7. The number of hydrogen-bond donors (Lipinski definition) is 0. The van der Waals surface area contributed by atoms with Gasteiger partial charge in [0, 0.05) is 21.2 Å². The Labute approximate surface area is 110 Å². The second kappa shape index (κ2) is 9.27. The van der Waals surface area contributed by atoms with Gasteiger partial charge >= 0.3 is 0 Å². The molecule has 0 aliphatic rings. The largest absolute Gasteiger partial charge is 0.155 e. The minimum atomic E-state index is 0.398. The maximum absolute atomic E-state index is 3.36. The van der Waals surface area contributed by atoms with E-state index in [9.17, 15) is 0 Å². The summed E-state index contributed by atoms with van der Waals surface area (Å²) in [6.45, 7) is 11.2. The van der Waals surface area contributed by atoms with Crippen molar-refractivity contribution in [2.45, 2.75) is 58.6 Å². The van der Waals surface area contributed by atoms with Gasteiger partial charge in [-0.05, 0) is 25.8 Å². The van der Waals surface area contributed by atoms with Crippen LogP contribution in [0.3, 0.4) is 0 Å². The van der Waals surface area contributed by atoms with E-state index in [1.54, 1.807) is 0 Å². The van der Waals surface area contributed by atoms with Gasteiger partial charge in [-0.1, -0.05) is 34.1 Å². The van der Waals surface area contributed by atoms with Crippen LogP contribution in [0.25, 0.3) is 0 Å². The molecular weight excluding hydrogens is 232 g/mol.